The molecule has 220 valence electrons. The van der Waals surface area contributed by atoms with Crippen LogP contribution in [0.4, 0.5) is 0 Å². The molecule has 0 unspecified atom stereocenters. The van der Waals surface area contributed by atoms with E-state index in [1.165, 1.54) is 18.4 Å². The highest BCUT2D eigenvalue weighted by atomic mass is 32.2. The summed E-state index contributed by atoms with van der Waals surface area (Å²) in [4.78, 5) is 10.9. The van der Waals surface area contributed by atoms with Crippen LogP contribution in [0.5, 0.6) is 5.75 Å². The van der Waals surface area contributed by atoms with Crippen LogP contribution in [0.15, 0.2) is 108 Å². The number of carboxylic acid groups (broad SMARTS) is 1. The Labute approximate surface area is 254 Å². The molecule has 0 aromatic heterocycles. The molecule has 0 saturated carbocycles. The Kier molecular flexibility index (Phi) is 11.3. The molecule has 0 atom stereocenters. The zero-order valence-corrected chi connectivity index (χ0v) is 24.9. The number of nitrogens with one attached hydrogen (secondary N) is 1. The number of rotatable bonds is 13. The van der Waals surface area contributed by atoms with Gasteiger partial charge in [-0.2, -0.15) is 0 Å². The maximum absolute atomic E-state index is 13.5. The van der Waals surface area contributed by atoms with E-state index in [9.17, 15) is 13.2 Å². The molecule has 4 aromatic carbocycles. The molecule has 0 bridgehead atoms. The maximum atomic E-state index is 13.5. The van der Waals surface area contributed by atoms with Crippen molar-refractivity contribution in [3.63, 3.8) is 0 Å². The molecule has 43 heavy (non-hydrogen) atoms. The van der Waals surface area contributed by atoms with Crippen molar-refractivity contribution in [3.8, 4) is 17.6 Å². The Balaban J connectivity index is 1.45. The fraction of sp³-hybridized carbons (Fsp3) is 0.194. The Morgan fingerprint density at radius 2 is 1.40 bits per heavy atom. The van der Waals surface area contributed by atoms with Gasteiger partial charge in [-0.05, 0) is 77.6 Å². The molecule has 0 amide bonds. The van der Waals surface area contributed by atoms with E-state index in [0.29, 0.717) is 11.3 Å². The molecular weight excluding hydrogens is 558 g/mol. The summed E-state index contributed by atoms with van der Waals surface area (Å²) < 4.78 is 34.8. The second kappa shape index (κ2) is 15.5. The van der Waals surface area contributed by atoms with Gasteiger partial charge in [0.2, 0.25) is 10.0 Å². The monoisotopic (exact) mass is 593 g/mol. The lowest BCUT2D eigenvalue weighted by atomic mass is 10.1. The van der Waals surface area contributed by atoms with Crippen molar-refractivity contribution in [3.05, 3.63) is 141 Å². The standard InChI is InChI=1S/C36H35NO5S/c1-2-3-7-28-10-12-29(13-11-28)14-15-30-16-18-32(19-17-30)25-35(24-31-8-5-4-6-9-31)43(40,41)37-26-33-20-22-34(23-21-33)42-27-36(38)39/h4-6,8-13,16-24,37H,2-3,7,25-27H2,1H3,(H,38,39)/b35-24+. The second-order valence-electron chi connectivity index (χ2n) is 10.1. The Morgan fingerprint density at radius 1 is 0.814 bits per heavy atom. The van der Waals surface area contributed by atoms with E-state index < -0.39 is 22.6 Å². The normalized spacial score (nSPS) is 11.4. The van der Waals surface area contributed by atoms with Gasteiger partial charge in [-0.25, -0.2) is 17.9 Å². The molecule has 4 aromatic rings. The quantitative estimate of drug-likeness (QED) is 0.171. The van der Waals surface area contributed by atoms with Crippen molar-refractivity contribution in [2.75, 3.05) is 6.61 Å². The van der Waals surface area contributed by atoms with Gasteiger partial charge in [-0.1, -0.05) is 91.9 Å². The lowest BCUT2D eigenvalue weighted by Crippen LogP contribution is -2.25. The molecule has 0 heterocycles. The number of benzene rings is 4. The van der Waals surface area contributed by atoms with Gasteiger partial charge in [0, 0.05) is 24.1 Å². The molecule has 0 radical (unpaired) electrons. The number of hydrogen-bond donors (Lipinski definition) is 2. The smallest absolute Gasteiger partial charge is 0.341 e. The third-order valence-electron chi connectivity index (χ3n) is 6.68. The Hall–Kier alpha value is -4.64. The van der Waals surface area contributed by atoms with E-state index in [-0.39, 0.29) is 17.9 Å². The fourth-order valence-electron chi connectivity index (χ4n) is 4.27. The number of hydrogen-bond acceptors (Lipinski definition) is 4. The number of aryl methyl sites for hydroxylation is 1. The third-order valence-corrected chi connectivity index (χ3v) is 8.16. The summed E-state index contributed by atoms with van der Waals surface area (Å²) in [6.07, 6.45) is 5.32. The van der Waals surface area contributed by atoms with Crippen molar-refractivity contribution >= 4 is 22.1 Å². The summed E-state index contributed by atoms with van der Waals surface area (Å²) in [5.41, 5.74) is 5.47. The first-order chi connectivity index (χ1) is 20.8. The first kappa shape index (κ1) is 31.3. The van der Waals surface area contributed by atoms with Gasteiger partial charge in [0.1, 0.15) is 5.75 Å². The topological polar surface area (TPSA) is 92.7 Å². The summed E-state index contributed by atoms with van der Waals surface area (Å²) >= 11 is 0. The lowest BCUT2D eigenvalue weighted by Gasteiger charge is -2.12. The van der Waals surface area contributed by atoms with Gasteiger partial charge in [0.15, 0.2) is 6.61 Å². The molecule has 0 spiro atoms. The molecule has 0 aliphatic carbocycles. The van der Waals surface area contributed by atoms with Gasteiger partial charge in [-0.3, -0.25) is 0 Å². The van der Waals surface area contributed by atoms with Crippen molar-refractivity contribution < 1.29 is 23.1 Å². The lowest BCUT2D eigenvalue weighted by molar-refractivity contribution is -0.139. The van der Waals surface area contributed by atoms with Crippen molar-refractivity contribution in [2.24, 2.45) is 0 Å². The van der Waals surface area contributed by atoms with E-state index in [4.69, 9.17) is 9.84 Å². The van der Waals surface area contributed by atoms with Crippen LogP contribution in [-0.4, -0.2) is 26.1 Å². The second-order valence-corrected chi connectivity index (χ2v) is 11.9. The Morgan fingerprint density at radius 3 is 1.98 bits per heavy atom. The molecule has 2 N–H and O–H groups in total. The molecule has 6 nitrogen and oxygen atoms in total. The van der Waals surface area contributed by atoms with E-state index in [1.54, 1.807) is 30.3 Å². The minimum Gasteiger partial charge on any atom is -0.482 e. The predicted molar refractivity (Wildman–Crippen MR) is 171 cm³/mol. The van der Waals surface area contributed by atoms with Crippen molar-refractivity contribution in [1.29, 1.82) is 0 Å². The van der Waals surface area contributed by atoms with Gasteiger partial charge < -0.3 is 9.84 Å². The van der Waals surface area contributed by atoms with Crippen LogP contribution in [-0.2, 0) is 34.2 Å². The minimum absolute atomic E-state index is 0.0712. The number of unbranched alkanes of at least 4 members (excludes halogenated alkanes) is 1. The molecule has 7 heteroatoms. The largest absolute Gasteiger partial charge is 0.482 e. The predicted octanol–water partition coefficient (Wildman–Crippen LogP) is 6.60. The van der Waals surface area contributed by atoms with E-state index in [2.05, 4.69) is 35.6 Å². The highest BCUT2D eigenvalue weighted by Crippen LogP contribution is 2.19. The molecule has 0 aliphatic rings. The van der Waals surface area contributed by atoms with Crippen molar-refractivity contribution in [1.82, 2.24) is 4.72 Å². The number of carboxylic acids is 1. The SMILES string of the molecule is CCCCc1ccc(C#Cc2ccc(C/C(=C\c3ccccc3)S(=O)(=O)NCc3ccc(OCC(=O)O)cc3)cc2)cc1. The molecule has 0 fully saturated rings. The highest BCUT2D eigenvalue weighted by Gasteiger charge is 2.18. The molecular formula is C36H35NO5S. The summed E-state index contributed by atoms with van der Waals surface area (Å²) in [6, 6.07) is 31.9. The zero-order chi connectivity index (χ0) is 30.5. The fourth-order valence-corrected chi connectivity index (χ4v) is 5.46. The maximum Gasteiger partial charge on any atom is 0.341 e. The average molecular weight is 594 g/mol. The van der Waals surface area contributed by atoms with Gasteiger partial charge in [0.25, 0.3) is 0 Å². The third kappa shape index (κ3) is 10.3. The number of aliphatic carboxylic acids is 1. The Bertz CT molecular complexity index is 1680. The number of sulfonamides is 1. The van der Waals surface area contributed by atoms with Crippen LogP contribution in [0.2, 0.25) is 0 Å². The highest BCUT2D eigenvalue weighted by molar-refractivity contribution is 7.93. The van der Waals surface area contributed by atoms with Crippen molar-refractivity contribution in [2.45, 2.75) is 39.2 Å². The van der Waals surface area contributed by atoms with Crippen LogP contribution in [0, 0.1) is 11.8 Å². The summed E-state index contributed by atoms with van der Waals surface area (Å²) in [5.74, 6) is 5.73. The van der Waals surface area contributed by atoms with Crippen LogP contribution >= 0.6 is 0 Å². The number of ether oxygens (including phenoxy) is 1. The van der Waals surface area contributed by atoms with Crippen LogP contribution in [0.25, 0.3) is 6.08 Å². The van der Waals surface area contributed by atoms with E-state index in [1.807, 2.05) is 66.7 Å². The van der Waals surface area contributed by atoms with Gasteiger partial charge in [-0.15, -0.1) is 0 Å². The number of allylic oxidation sites excluding steroid dienone is 1. The van der Waals surface area contributed by atoms with Gasteiger partial charge >= 0.3 is 5.97 Å². The van der Waals surface area contributed by atoms with E-state index in [0.717, 1.165) is 28.7 Å². The summed E-state index contributed by atoms with van der Waals surface area (Å²) in [6.45, 7) is 1.82. The first-order valence-electron chi connectivity index (χ1n) is 14.2. The molecule has 0 saturated heterocycles. The molecule has 4 rings (SSSR count). The van der Waals surface area contributed by atoms with Crippen LogP contribution in [0.1, 0.15) is 53.1 Å². The average Bonchev–Trinajstić information content (AvgIpc) is 3.02. The van der Waals surface area contributed by atoms with Gasteiger partial charge in [0.05, 0.1) is 4.91 Å². The number of carbonyl (C=O) groups is 1. The first-order valence-corrected chi connectivity index (χ1v) is 15.7. The van der Waals surface area contributed by atoms with Crippen LogP contribution in [0.3, 0.4) is 0 Å². The summed E-state index contributed by atoms with van der Waals surface area (Å²) in [7, 11) is -3.84. The summed E-state index contributed by atoms with van der Waals surface area (Å²) in [5, 5.41) is 8.76. The van der Waals surface area contributed by atoms with Crippen LogP contribution < -0.4 is 9.46 Å². The minimum atomic E-state index is -3.84. The van der Waals surface area contributed by atoms with E-state index >= 15 is 0 Å². The zero-order valence-electron chi connectivity index (χ0n) is 24.1. The molecule has 0 aliphatic heterocycles.